The number of halogens is 1. The van der Waals surface area contributed by atoms with Gasteiger partial charge in [0.2, 0.25) is 0 Å². The molecule has 78 valence electrons. The van der Waals surface area contributed by atoms with Gasteiger partial charge in [0, 0.05) is 16.5 Å². The summed E-state index contributed by atoms with van der Waals surface area (Å²) in [6.07, 6.45) is 1.47. The predicted molar refractivity (Wildman–Crippen MR) is 59.8 cm³/mol. The van der Waals surface area contributed by atoms with Crippen LogP contribution in [0.5, 0.6) is 0 Å². The standard InChI is InChI=1S/C9H9ClN4S/c10-8-3-7(2-1-6(8)4-11)15-9-12-5-13-14-9/h1-3,5H,4,11H2,(H,12,13,14). The van der Waals surface area contributed by atoms with Crippen molar-refractivity contribution in [1.82, 2.24) is 15.2 Å². The molecule has 0 bridgehead atoms. The molecule has 0 fully saturated rings. The fourth-order valence-electron chi connectivity index (χ4n) is 1.11. The van der Waals surface area contributed by atoms with Crippen LogP contribution in [-0.4, -0.2) is 15.2 Å². The lowest BCUT2D eigenvalue weighted by Gasteiger charge is -2.03. The number of aromatic nitrogens is 3. The van der Waals surface area contributed by atoms with Crippen molar-refractivity contribution >= 4 is 23.4 Å². The average molecular weight is 241 g/mol. The third kappa shape index (κ3) is 2.50. The lowest BCUT2D eigenvalue weighted by atomic mass is 10.2. The Labute approximate surface area is 96.2 Å². The molecule has 4 nitrogen and oxygen atoms in total. The summed E-state index contributed by atoms with van der Waals surface area (Å²) in [6.45, 7) is 0.450. The van der Waals surface area contributed by atoms with E-state index in [9.17, 15) is 0 Å². The molecule has 2 aromatic rings. The second-order valence-corrected chi connectivity index (χ2v) is 4.32. The molecule has 0 amide bonds. The van der Waals surface area contributed by atoms with Crippen LogP contribution in [-0.2, 0) is 6.54 Å². The Morgan fingerprint density at radius 2 is 2.33 bits per heavy atom. The van der Waals surface area contributed by atoms with Crippen LogP contribution in [0, 0.1) is 0 Å². The Balaban J connectivity index is 2.20. The summed E-state index contributed by atoms with van der Waals surface area (Å²) in [5, 5.41) is 7.96. The molecule has 0 atom stereocenters. The Hall–Kier alpha value is -1.04. The molecule has 0 saturated heterocycles. The van der Waals surface area contributed by atoms with Crippen LogP contribution in [0.3, 0.4) is 0 Å². The number of benzene rings is 1. The van der Waals surface area contributed by atoms with E-state index >= 15 is 0 Å². The van der Waals surface area contributed by atoms with Gasteiger partial charge in [0.15, 0.2) is 5.16 Å². The van der Waals surface area contributed by atoms with Gasteiger partial charge < -0.3 is 5.73 Å². The number of rotatable bonds is 3. The first-order valence-electron chi connectivity index (χ1n) is 4.31. The molecule has 0 aliphatic carbocycles. The number of nitrogens with zero attached hydrogens (tertiary/aromatic N) is 2. The van der Waals surface area contributed by atoms with Crippen LogP contribution in [0.4, 0.5) is 0 Å². The molecule has 0 unspecified atom stereocenters. The highest BCUT2D eigenvalue weighted by molar-refractivity contribution is 7.99. The highest BCUT2D eigenvalue weighted by Crippen LogP contribution is 2.28. The number of hydrogen-bond donors (Lipinski definition) is 2. The molecule has 0 aliphatic rings. The van der Waals surface area contributed by atoms with E-state index in [-0.39, 0.29) is 0 Å². The lowest BCUT2D eigenvalue weighted by molar-refractivity contribution is 0.973. The zero-order valence-electron chi connectivity index (χ0n) is 7.77. The van der Waals surface area contributed by atoms with Crippen molar-refractivity contribution in [2.24, 2.45) is 5.73 Å². The third-order valence-corrected chi connectivity index (χ3v) is 3.08. The average Bonchev–Trinajstić information content (AvgIpc) is 2.71. The first-order chi connectivity index (χ1) is 7.29. The normalized spacial score (nSPS) is 10.5. The molecule has 0 spiro atoms. The number of aromatic amines is 1. The Bertz CT molecular complexity index is 443. The van der Waals surface area contributed by atoms with E-state index in [1.165, 1.54) is 18.1 Å². The quantitative estimate of drug-likeness (QED) is 0.862. The van der Waals surface area contributed by atoms with Crippen molar-refractivity contribution in [1.29, 1.82) is 0 Å². The maximum Gasteiger partial charge on any atom is 0.188 e. The molecule has 0 radical (unpaired) electrons. The van der Waals surface area contributed by atoms with E-state index in [0.717, 1.165) is 15.6 Å². The van der Waals surface area contributed by atoms with Gasteiger partial charge in [-0.25, -0.2) is 4.98 Å². The van der Waals surface area contributed by atoms with E-state index in [4.69, 9.17) is 17.3 Å². The van der Waals surface area contributed by atoms with Gasteiger partial charge in [-0.2, -0.15) is 5.10 Å². The maximum atomic E-state index is 6.03. The molecule has 0 saturated carbocycles. The van der Waals surface area contributed by atoms with Crippen molar-refractivity contribution < 1.29 is 0 Å². The first kappa shape index (κ1) is 10.5. The summed E-state index contributed by atoms with van der Waals surface area (Å²) in [6, 6.07) is 5.75. The molecule has 1 aromatic carbocycles. The van der Waals surface area contributed by atoms with E-state index in [1.54, 1.807) is 0 Å². The first-order valence-corrected chi connectivity index (χ1v) is 5.51. The van der Waals surface area contributed by atoms with Gasteiger partial charge in [0.05, 0.1) is 0 Å². The highest BCUT2D eigenvalue weighted by atomic mass is 35.5. The molecular formula is C9H9ClN4S. The van der Waals surface area contributed by atoms with E-state index in [0.29, 0.717) is 11.6 Å². The fourth-order valence-corrected chi connectivity index (χ4v) is 2.17. The second kappa shape index (κ2) is 4.65. The Morgan fingerprint density at radius 3 is 2.93 bits per heavy atom. The van der Waals surface area contributed by atoms with Crippen LogP contribution in [0.25, 0.3) is 0 Å². The summed E-state index contributed by atoms with van der Waals surface area (Å²) in [5.74, 6) is 0. The van der Waals surface area contributed by atoms with Gasteiger partial charge in [-0.15, -0.1) is 0 Å². The summed E-state index contributed by atoms with van der Waals surface area (Å²) in [7, 11) is 0. The predicted octanol–water partition coefficient (Wildman–Crippen LogP) is 2.07. The summed E-state index contributed by atoms with van der Waals surface area (Å²) >= 11 is 7.50. The van der Waals surface area contributed by atoms with Crippen LogP contribution in [0.1, 0.15) is 5.56 Å². The molecule has 15 heavy (non-hydrogen) atoms. The SMILES string of the molecule is NCc1ccc(Sc2ncn[nH]2)cc1Cl. The minimum atomic E-state index is 0.450. The molecule has 1 aromatic heterocycles. The Kier molecular flexibility index (Phi) is 3.25. The topological polar surface area (TPSA) is 67.6 Å². The van der Waals surface area contributed by atoms with Crippen molar-refractivity contribution in [3.05, 3.63) is 35.1 Å². The minimum Gasteiger partial charge on any atom is -0.326 e. The molecular weight excluding hydrogens is 232 g/mol. The number of H-pyrrole nitrogens is 1. The van der Waals surface area contributed by atoms with Crippen molar-refractivity contribution in [3.63, 3.8) is 0 Å². The van der Waals surface area contributed by atoms with Gasteiger partial charge in [-0.1, -0.05) is 29.4 Å². The highest BCUT2D eigenvalue weighted by Gasteiger charge is 2.03. The molecule has 6 heteroatoms. The second-order valence-electron chi connectivity index (χ2n) is 2.85. The van der Waals surface area contributed by atoms with Crippen LogP contribution in [0.15, 0.2) is 34.6 Å². The largest absolute Gasteiger partial charge is 0.326 e. The van der Waals surface area contributed by atoms with Gasteiger partial charge in [-0.05, 0) is 17.7 Å². The minimum absolute atomic E-state index is 0.450. The summed E-state index contributed by atoms with van der Waals surface area (Å²) in [5.41, 5.74) is 6.46. The van der Waals surface area contributed by atoms with Crippen LogP contribution >= 0.6 is 23.4 Å². The van der Waals surface area contributed by atoms with Crippen molar-refractivity contribution in [2.45, 2.75) is 16.6 Å². The smallest absolute Gasteiger partial charge is 0.188 e. The van der Waals surface area contributed by atoms with E-state index < -0.39 is 0 Å². The van der Waals surface area contributed by atoms with Crippen LogP contribution < -0.4 is 5.73 Å². The van der Waals surface area contributed by atoms with Crippen molar-refractivity contribution in [2.75, 3.05) is 0 Å². The van der Waals surface area contributed by atoms with Gasteiger partial charge in [-0.3, -0.25) is 5.10 Å². The monoisotopic (exact) mass is 240 g/mol. The molecule has 3 N–H and O–H groups in total. The molecule has 0 aliphatic heterocycles. The van der Waals surface area contributed by atoms with E-state index in [1.807, 2.05) is 18.2 Å². The fraction of sp³-hybridized carbons (Fsp3) is 0.111. The number of hydrogen-bond acceptors (Lipinski definition) is 4. The summed E-state index contributed by atoms with van der Waals surface area (Å²) < 4.78 is 0. The van der Waals surface area contributed by atoms with Gasteiger partial charge in [0.1, 0.15) is 6.33 Å². The summed E-state index contributed by atoms with van der Waals surface area (Å²) in [4.78, 5) is 5.02. The van der Waals surface area contributed by atoms with Gasteiger partial charge in [0.25, 0.3) is 0 Å². The zero-order valence-corrected chi connectivity index (χ0v) is 9.35. The number of nitrogens with one attached hydrogen (secondary N) is 1. The molecule has 1 heterocycles. The zero-order chi connectivity index (χ0) is 10.7. The Morgan fingerprint density at radius 1 is 1.47 bits per heavy atom. The van der Waals surface area contributed by atoms with Crippen LogP contribution in [0.2, 0.25) is 5.02 Å². The molecule has 2 rings (SSSR count). The van der Waals surface area contributed by atoms with Crippen molar-refractivity contribution in [3.8, 4) is 0 Å². The maximum absolute atomic E-state index is 6.03. The lowest BCUT2D eigenvalue weighted by Crippen LogP contribution is -1.96. The van der Waals surface area contributed by atoms with Gasteiger partial charge >= 0.3 is 0 Å². The van der Waals surface area contributed by atoms with E-state index in [2.05, 4.69) is 15.2 Å². The number of nitrogens with two attached hydrogens (primary N) is 1. The third-order valence-electron chi connectivity index (χ3n) is 1.85.